The number of carbonyl (C=O) groups is 4. The molecule has 0 saturated heterocycles. The van der Waals surface area contributed by atoms with Crippen molar-refractivity contribution in [3.63, 3.8) is 0 Å². The van der Waals surface area contributed by atoms with E-state index in [4.69, 9.17) is 5.11 Å². The molecule has 3 amide bonds. The van der Waals surface area contributed by atoms with Crippen molar-refractivity contribution in [3.05, 3.63) is 101 Å². The molecular weight excluding hydrogens is 460 g/mol. The number of hydrogen-bond acceptors (Lipinski definition) is 5. The molecule has 35 heavy (non-hydrogen) atoms. The molecule has 0 radical (unpaired) electrons. The molecule has 4 N–H and O–H groups in total. The van der Waals surface area contributed by atoms with E-state index in [1.54, 1.807) is 24.3 Å². The van der Waals surface area contributed by atoms with E-state index in [1.165, 1.54) is 36.4 Å². The summed E-state index contributed by atoms with van der Waals surface area (Å²) < 4.78 is 28.0. The second-order valence-corrected chi connectivity index (χ2v) is 7.57. The number of carboxylic acids is 1. The zero-order valence-electron chi connectivity index (χ0n) is 17.9. The molecule has 0 aromatic heterocycles. The lowest BCUT2D eigenvalue weighted by Gasteiger charge is -2.11. The van der Waals surface area contributed by atoms with E-state index in [2.05, 4.69) is 16.0 Å². The molecular formula is C25H17F2N3O5. The van der Waals surface area contributed by atoms with Gasteiger partial charge in [0.2, 0.25) is 5.91 Å². The van der Waals surface area contributed by atoms with Crippen molar-refractivity contribution >= 4 is 40.6 Å². The minimum absolute atomic E-state index is 0.0498. The number of anilines is 2. The maximum absolute atomic E-state index is 14.3. The number of amides is 3. The highest BCUT2D eigenvalue weighted by molar-refractivity contribution is 6.36. The second kappa shape index (κ2) is 9.56. The summed E-state index contributed by atoms with van der Waals surface area (Å²) in [4.78, 5) is 48.0. The lowest BCUT2D eigenvalue weighted by atomic mass is 10.0. The van der Waals surface area contributed by atoms with Crippen LogP contribution in [-0.2, 0) is 20.8 Å². The van der Waals surface area contributed by atoms with Crippen LogP contribution in [0.4, 0.5) is 20.2 Å². The van der Waals surface area contributed by atoms with Crippen LogP contribution in [0.25, 0.3) is 5.57 Å². The van der Waals surface area contributed by atoms with Crippen LogP contribution >= 0.6 is 0 Å². The first-order chi connectivity index (χ1) is 16.7. The van der Waals surface area contributed by atoms with E-state index in [0.717, 1.165) is 6.07 Å². The van der Waals surface area contributed by atoms with E-state index < -0.39 is 29.4 Å². The van der Waals surface area contributed by atoms with E-state index >= 15 is 0 Å². The molecule has 0 spiro atoms. The van der Waals surface area contributed by atoms with Gasteiger partial charge in [0.05, 0.1) is 17.6 Å². The summed E-state index contributed by atoms with van der Waals surface area (Å²) in [5, 5.41) is 16.4. The minimum Gasteiger partial charge on any atom is -0.478 e. The molecule has 8 nitrogen and oxygen atoms in total. The molecule has 10 heteroatoms. The third-order valence-corrected chi connectivity index (χ3v) is 5.13. The van der Waals surface area contributed by atoms with E-state index in [1.807, 2.05) is 0 Å². The Morgan fingerprint density at radius 1 is 0.886 bits per heavy atom. The zero-order valence-corrected chi connectivity index (χ0v) is 17.9. The maximum Gasteiger partial charge on any atom is 0.335 e. The van der Waals surface area contributed by atoms with Crippen LogP contribution in [0, 0.1) is 11.6 Å². The number of carbonyl (C=O) groups excluding carboxylic acids is 3. The van der Waals surface area contributed by atoms with E-state index in [-0.39, 0.29) is 34.7 Å². The average Bonchev–Trinajstić information content (AvgIpc) is 3.08. The van der Waals surface area contributed by atoms with Gasteiger partial charge < -0.3 is 15.7 Å². The first-order valence-corrected chi connectivity index (χ1v) is 10.3. The van der Waals surface area contributed by atoms with Crippen LogP contribution in [0.5, 0.6) is 0 Å². The van der Waals surface area contributed by atoms with Gasteiger partial charge in [0.1, 0.15) is 5.70 Å². The molecule has 1 aliphatic heterocycles. The third-order valence-electron chi connectivity index (χ3n) is 5.13. The van der Waals surface area contributed by atoms with Gasteiger partial charge in [-0.15, -0.1) is 0 Å². The SMILES string of the molecule is O=C(Cc1cccc(NC2=C(c3cccc(F)c3F)C(=O)NC2=O)c1)Nc1ccc(C(=O)O)cc1. The molecule has 4 rings (SSSR count). The topological polar surface area (TPSA) is 125 Å². The highest BCUT2D eigenvalue weighted by Gasteiger charge is 2.33. The lowest BCUT2D eigenvalue weighted by Crippen LogP contribution is -2.24. The fraction of sp³-hybridized carbons (Fsp3) is 0.0400. The van der Waals surface area contributed by atoms with E-state index in [0.29, 0.717) is 16.9 Å². The Balaban J connectivity index is 1.53. The number of imide groups is 1. The number of aromatic carboxylic acids is 1. The summed E-state index contributed by atoms with van der Waals surface area (Å²) in [7, 11) is 0. The summed E-state index contributed by atoms with van der Waals surface area (Å²) in [5.41, 5.74) is 0.457. The summed E-state index contributed by atoms with van der Waals surface area (Å²) in [6.07, 6.45) is -0.0498. The number of rotatable bonds is 7. The van der Waals surface area contributed by atoms with E-state index in [9.17, 15) is 28.0 Å². The van der Waals surface area contributed by atoms with Gasteiger partial charge in [-0.25, -0.2) is 13.6 Å². The fourth-order valence-corrected chi connectivity index (χ4v) is 3.52. The molecule has 1 heterocycles. The van der Waals surface area contributed by atoms with Gasteiger partial charge >= 0.3 is 5.97 Å². The monoisotopic (exact) mass is 477 g/mol. The minimum atomic E-state index is -1.26. The van der Waals surface area contributed by atoms with Gasteiger partial charge in [0.15, 0.2) is 11.6 Å². The maximum atomic E-state index is 14.3. The number of halogens is 2. The Hall–Kier alpha value is -4.86. The Bertz CT molecular complexity index is 1400. The molecule has 176 valence electrons. The number of hydrogen-bond donors (Lipinski definition) is 4. The Morgan fingerprint density at radius 3 is 2.31 bits per heavy atom. The first kappa shape index (κ1) is 23.3. The van der Waals surface area contributed by atoms with Crippen LogP contribution in [0.15, 0.2) is 72.4 Å². The van der Waals surface area contributed by atoms with Gasteiger partial charge in [-0.2, -0.15) is 0 Å². The predicted octanol–water partition coefficient (Wildman–Crippen LogP) is 3.32. The van der Waals surface area contributed by atoms with Crippen molar-refractivity contribution in [2.24, 2.45) is 0 Å². The molecule has 0 aliphatic carbocycles. The quantitative estimate of drug-likeness (QED) is 0.387. The highest BCUT2D eigenvalue weighted by atomic mass is 19.2. The molecule has 1 aliphatic rings. The van der Waals surface area contributed by atoms with Gasteiger partial charge in [0, 0.05) is 16.9 Å². The van der Waals surface area contributed by atoms with Crippen molar-refractivity contribution in [1.82, 2.24) is 5.32 Å². The Labute approximate surface area is 197 Å². The number of nitrogens with one attached hydrogen (secondary N) is 3. The smallest absolute Gasteiger partial charge is 0.335 e. The highest BCUT2D eigenvalue weighted by Crippen LogP contribution is 2.28. The lowest BCUT2D eigenvalue weighted by molar-refractivity contribution is -0.123. The third kappa shape index (κ3) is 5.06. The van der Waals surface area contributed by atoms with Gasteiger partial charge in [-0.05, 0) is 48.0 Å². The van der Waals surface area contributed by atoms with Crippen LogP contribution in [0.1, 0.15) is 21.5 Å². The predicted molar refractivity (Wildman–Crippen MR) is 122 cm³/mol. The molecule has 0 bridgehead atoms. The largest absolute Gasteiger partial charge is 0.478 e. The van der Waals surface area contributed by atoms with Crippen LogP contribution in [0.2, 0.25) is 0 Å². The average molecular weight is 477 g/mol. The van der Waals surface area contributed by atoms with Crippen molar-refractivity contribution in [2.75, 3.05) is 10.6 Å². The Kier molecular flexibility index (Phi) is 6.36. The molecule has 3 aromatic carbocycles. The summed E-state index contributed by atoms with van der Waals surface area (Å²) in [5.74, 6) is -5.54. The second-order valence-electron chi connectivity index (χ2n) is 7.57. The molecule has 0 atom stereocenters. The van der Waals surface area contributed by atoms with Crippen molar-refractivity contribution < 1.29 is 33.1 Å². The molecule has 3 aromatic rings. The van der Waals surface area contributed by atoms with Crippen LogP contribution in [-0.4, -0.2) is 28.8 Å². The molecule has 0 unspecified atom stereocenters. The molecule has 0 saturated carbocycles. The zero-order chi connectivity index (χ0) is 25.1. The number of benzene rings is 3. The fourth-order valence-electron chi connectivity index (χ4n) is 3.52. The van der Waals surface area contributed by atoms with Gasteiger partial charge in [-0.3, -0.25) is 19.7 Å². The van der Waals surface area contributed by atoms with Crippen molar-refractivity contribution in [1.29, 1.82) is 0 Å². The van der Waals surface area contributed by atoms with Crippen molar-refractivity contribution in [2.45, 2.75) is 6.42 Å². The Morgan fingerprint density at radius 2 is 1.60 bits per heavy atom. The van der Waals surface area contributed by atoms with Crippen LogP contribution < -0.4 is 16.0 Å². The standard InChI is InChI=1S/C25H17F2N3O5/c26-18-6-2-5-17(21(18)27)20-22(24(33)30-23(20)32)29-16-4-1-3-13(11-16)12-19(31)28-15-9-7-14(8-10-15)25(34)35/h1-11H,12H2,(H,28,31)(H,34,35)(H2,29,30,32,33). The first-order valence-electron chi connectivity index (χ1n) is 10.3. The van der Waals surface area contributed by atoms with Crippen molar-refractivity contribution in [3.8, 4) is 0 Å². The van der Waals surface area contributed by atoms with Gasteiger partial charge in [0.25, 0.3) is 11.8 Å². The van der Waals surface area contributed by atoms with Gasteiger partial charge in [-0.1, -0.05) is 24.3 Å². The summed E-state index contributed by atoms with van der Waals surface area (Å²) in [6, 6.07) is 15.4. The normalized spacial score (nSPS) is 13.0. The summed E-state index contributed by atoms with van der Waals surface area (Å²) in [6.45, 7) is 0. The summed E-state index contributed by atoms with van der Waals surface area (Å²) >= 11 is 0. The van der Waals surface area contributed by atoms with Crippen LogP contribution in [0.3, 0.4) is 0 Å². The number of carboxylic acid groups (broad SMARTS) is 1. The molecule has 0 fully saturated rings.